The van der Waals surface area contributed by atoms with Crippen LogP contribution in [-0.4, -0.2) is 24.2 Å². The van der Waals surface area contributed by atoms with E-state index in [4.69, 9.17) is 4.52 Å². The van der Waals surface area contributed by atoms with Crippen molar-refractivity contribution in [3.8, 4) is 0 Å². The minimum atomic E-state index is 0.405. The van der Waals surface area contributed by atoms with Gasteiger partial charge < -0.3 is 15.2 Å². The molecule has 0 aromatic carbocycles. The first-order valence-corrected chi connectivity index (χ1v) is 5.73. The molecule has 0 spiro atoms. The number of aromatic nitrogens is 1. The smallest absolute Gasteiger partial charge is 0.191 e. The van der Waals surface area contributed by atoms with Crippen molar-refractivity contribution in [1.29, 1.82) is 0 Å². The van der Waals surface area contributed by atoms with E-state index in [1.807, 2.05) is 6.07 Å². The summed E-state index contributed by atoms with van der Waals surface area (Å²) in [6.45, 7) is 6.71. The molecule has 2 heterocycles. The highest BCUT2D eigenvalue weighted by Gasteiger charge is 2.08. The number of rotatable bonds is 3. The zero-order valence-electron chi connectivity index (χ0n) is 9.79. The molecule has 0 unspecified atom stereocenters. The van der Waals surface area contributed by atoms with Crippen molar-refractivity contribution in [1.82, 2.24) is 15.8 Å². The van der Waals surface area contributed by atoms with Gasteiger partial charge in [0.25, 0.3) is 0 Å². The molecule has 1 aliphatic heterocycles. The fourth-order valence-corrected chi connectivity index (χ4v) is 1.51. The van der Waals surface area contributed by atoms with Gasteiger partial charge in [0.05, 0.1) is 12.2 Å². The minimum absolute atomic E-state index is 0.405. The summed E-state index contributed by atoms with van der Waals surface area (Å²) in [4.78, 5) is 4.32. The fraction of sp³-hybridized carbons (Fsp3) is 0.636. The van der Waals surface area contributed by atoms with Crippen LogP contribution < -0.4 is 10.6 Å². The average Bonchev–Trinajstić information content (AvgIpc) is 2.76. The number of guanidine groups is 1. The van der Waals surface area contributed by atoms with Gasteiger partial charge in [-0.1, -0.05) is 19.0 Å². The van der Waals surface area contributed by atoms with Gasteiger partial charge in [0.2, 0.25) is 0 Å². The molecule has 0 amide bonds. The van der Waals surface area contributed by atoms with Crippen LogP contribution in [0.15, 0.2) is 15.6 Å². The second kappa shape index (κ2) is 5.01. The van der Waals surface area contributed by atoms with Crippen molar-refractivity contribution < 1.29 is 4.52 Å². The molecule has 0 fully saturated rings. The molecule has 0 aliphatic carbocycles. The van der Waals surface area contributed by atoms with Crippen molar-refractivity contribution in [2.24, 2.45) is 4.99 Å². The highest BCUT2D eigenvalue weighted by atomic mass is 16.5. The molecule has 0 saturated carbocycles. The normalized spacial score (nSPS) is 15.8. The summed E-state index contributed by atoms with van der Waals surface area (Å²) in [6, 6.07) is 1.99. The Kier molecular flexibility index (Phi) is 3.44. The summed E-state index contributed by atoms with van der Waals surface area (Å²) in [5, 5.41) is 10.4. The number of hydrogen-bond acceptors (Lipinski definition) is 5. The predicted molar refractivity (Wildman–Crippen MR) is 62.4 cm³/mol. The quantitative estimate of drug-likeness (QED) is 0.807. The monoisotopic (exact) mass is 222 g/mol. The SMILES string of the molecule is CC(C)c1cc(CNC2=NCCCN2)on1. The molecule has 5 heteroatoms. The Morgan fingerprint density at radius 2 is 2.44 bits per heavy atom. The summed E-state index contributed by atoms with van der Waals surface area (Å²) < 4.78 is 5.22. The van der Waals surface area contributed by atoms with Gasteiger partial charge in [0.1, 0.15) is 0 Å². The van der Waals surface area contributed by atoms with E-state index in [0.29, 0.717) is 12.5 Å². The van der Waals surface area contributed by atoms with Gasteiger partial charge in [-0.25, -0.2) is 0 Å². The zero-order chi connectivity index (χ0) is 11.4. The first-order valence-electron chi connectivity index (χ1n) is 5.73. The van der Waals surface area contributed by atoms with Crippen LogP contribution in [0, 0.1) is 0 Å². The summed E-state index contributed by atoms with van der Waals surface area (Å²) in [5.41, 5.74) is 0.996. The lowest BCUT2D eigenvalue weighted by Crippen LogP contribution is -2.40. The van der Waals surface area contributed by atoms with Crippen LogP contribution in [0.4, 0.5) is 0 Å². The molecule has 1 aliphatic rings. The molecular formula is C11H18N4O. The highest BCUT2D eigenvalue weighted by Crippen LogP contribution is 2.13. The number of aliphatic imine (C=N–C) groups is 1. The minimum Gasteiger partial charge on any atom is -0.359 e. The van der Waals surface area contributed by atoms with Crippen LogP contribution in [0.25, 0.3) is 0 Å². The van der Waals surface area contributed by atoms with E-state index >= 15 is 0 Å². The standard InChI is InChI=1S/C11H18N4O/c1-8(2)10-6-9(16-15-10)7-14-11-12-4-3-5-13-11/h6,8H,3-5,7H2,1-2H3,(H2,12,13,14). The Morgan fingerprint density at radius 3 is 3.06 bits per heavy atom. The van der Waals surface area contributed by atoms with Gasteiger partial charge in [0.15, 0.2) is 11.7 Å². The van der Waals surface area contributed by atoms with Gasteiger partial charge >= 0.3 is 0 Å². The highest BCUT2D eigenvalue weighted by molar-refractivity contribution is 5.80. The van der Waals surface area contributed by atoms with E-state index in [0.717, 1.165) is 36.9 Å². The molecule has 88 valence electrons. The van der Waals surface area contributed by atoms with Gasteiger partial charge in [-0.05, 0) is 12.3 Å². The summed E-state index contributed by atoms with van der Waals surface area (Å²) in [5.74, 6) is 2.11. The molecule has 16 heavy (non-hydrogen) atoms. The number of hydrogen-bond donors (Lipinski definition) is 2. The Hall–Kier alpha value is -1.52. The molecule has 2 rings (SSSR count). The Bertz CT molecular complexity index is 370. The van der Waals surface area contributed by atoms with Crippen molar-refractivity contribution in [2.75, 3.05) is 13.1 Å². The molecular weight excluding hydrogens is 204 g/mol. The van der Waals surface area contributed by atoms with Crippen molar-refractivity contribution >= 4 is 5.96 Å². The topological polar surface area (TPSA) is 62.5 Å². The molecule has 0 saturated heterocycles. The second-order valence-corrected chi connectivity index (χ2v) is 4.24. The van der Waals surface area contributed by atoms with Gasteiger partial charge in [-0.3, -0.25) is 4.99 Å². The van der Waals surface area contributed by atoms with E-state index in [9.17, 15) is 0 Å². The second-order valence-electron chi connectivity index (χ2n) is 4.24. The van der Waals surface area contributed by atoms with E-state index in [1.54, 1.807) is 0 Å². The van der Waals surface area contributed by atoms with Crippen LogP contribution >= 0.6 is 0 Å². The summed E-state index contributed by atoms with van der Waals surface area (Å²) in [6.07, 6.45) is 1.10. The van der Waals surface area contributed by atoms with Gasteiger partial charge in [-0.2, -0.15) is 0 Å². The fourth-order valence-electron chi connectivity index (χ4n) is 1.51. The number of nitrogens with one attached hydrogen (secondary N) is 2. The maximum absolute atomic E-state index is 5.22. The Labute approximate surface area is 95.3 Å². The summed E-state index contributed by atoms with van der Waals surface area (Å²) >= 11 is 0. The molecule has 2 N–H and O–H groups in total. The molecule has 5 nitrogen and oxygen atoms in total. The van der Waals surface area contributed by atoms with Gasteiger partial charge in [-0.15, -0.1) is 0 Å². The zero-order valence-corrected chi connectivity index (χ0v) is 9.79. The Balaban J connectivity index is 1.86. The number of nitrogens with zero attached hydrogens (tertiary/aromatic N) is 2. The molecule has 1 aromatic rings. The van der Waals surface area contributed by atoms with E-state index < -0.39 is 0 Å². The molecule has 1 aromatic heterocycles. The van der Waals surface area contributed by atoms with Crippen molar-refractivity contribution in [3.05, 3.63) is 17.5 Å². The van der Waals surface area contributed by atoms with E-state index in [2.05, 4.69) is 34.6 Å². The van der Waals surface area contributed by atoms with E-state index in [-0.39, 0.29) is 0 Å². The first-order chi connectivity index (χ1) is 7.75. The van der Waals surface area contributed by atoms with Crippen LogP contribution in [-0.2, 0) is 6.54 Å². The first kappa shape index (κ1) is 11.0. The van der Waals surface area contributed by atoms with Crippen LogP contribution in [0.5, 0.6) is 0 Å². The molecule has 0 radical (unpaired) electrons. The maximum atomic E-state index is 5.22. The lowest BCUT2D eigenvalue weighted by Gasteiger charge is -2.14. The lowest BCUT2D eigenvalue weighted by molar-refractivity contribution is 0.371. The third-order valence-electron chi connectivity index (χ3n) is 2.50. The van der Waals surface area contributed by atoms with Crippen LogP contribution in [0.1, 0.15) is 37.6 Å². The molecule has 0 bridgehead atoms. The largest absolute Gasteiger partial charge is 0.359 e. The third kappa shape index (κ3) is 2.74. The van der Waals surface area contributed by atoms with Crippen LogP contribution in [0.3, 0.4) is 0 Å². The van der Waals surface area contributed by atoms with Crippen molar-refractivity contribution in [3.63, 3.8) is 0 Å². The van der Waals surface area contributed by atoms with Crippen molar-refractivity contribution in [2.45, 2.75) is 32.7 Å². The third-order valence-corrected chi connectivity index (χ3v) is 2.50. The van der Waals surface area contributed by atoms with E-state index in [1.165, 1.54) is 0 Å². The maximum Gasteiger partial charge on any atom is 0.191 e. The van der Waals surface area contributed by atoms with Gasteiger partial charge in [0, 0.05) is 19.2 Å². The lowest BCUT2D eigenvalue weighted by atomic mass is 10.1. The van der Waals surface area contributed by atoms with Crippen LogP contribution in [0.2, 0.25) is 0 Å². The Morgan fingerprint density at radius 1 is 1.56 bits per heavy atom. The predicted octanol–water partition coefficient (Wildman–Crippen LogP) is 1.24. The summed E-state index contributed by atoms with van der Waals surface area (Å²) in [7, 11) is 0. The average molecular weight is 222 g/mol. The molecule has 0 atom stereocenters.